The van der Waals surface area contributed by atoms with Crippen LogP contribution in [-0.4, -0.2) is 32.9 Å². The molecule has 3 rings (SSSR count). The van der Waals surface area contributed by atoms with Crippen molar-refractivity contribution >= 4 is 9.84 Å². The summed E-state index contributed by atoms with van der Waals surface area (Å²) in [6.07, 6.45) is 1.47. The highest BCUT2D eigenvalue weighted by atomic mass is 32.2. The Bertz CT molecular complexity index is 617. The minimum atomic E-state index is -3.28. The minimum absolute atomic E-state index is 0.102. The van der Waals surface area contributed by atoms with Crippen LogP contribution in [0.5, 0.6) is 0 Å². The standard InChI is InChI=1S/C14H18FNO3S/c1-9-12(4-6-19-9)16-13-5-7-20(17,18)14-3-2-10(15)8-11(13)14/h2-3,8-9,12-13,16H,4-7H2,1H3. The van der Waals surface area contributed by atoms with Crippen molar-refractivity contribution in [3.8, 4) is 0 Å². The van der Waals surface area contributed by atoms with E-state index in [2.05, 4.69) is 5.32 Å². The summed E-state index contributed by atoms with van der Waals surface area (Å²) in [5.74, 6) is -0.297. The lowest BCUT2D eigenvalue weighted by atomic mass is 10.0. The second kappa shape index (κ2) is 5.09. The predicted molar refractivity (Wildman–Crippen MR) is 72.8 cm³/mol. The molecule has 3 unspecified atom stereocenters. The van der Waals surface area contributed by atoms with Gasteiger partial charge in [0.2, 0.25) is 0 Å². The topological polar surface area (TPSA) is 55.4 Å². The van der Waals surface area contributed by atoms with Gasteiger partial charge in [-0.3, -0.25) is 0 Å². The molecule has 0 spiro atoms. The third kappa shape index (κ3) is 2.47. The van der Waals surface area contributed by atoms with Crippen molar-refractivity contribution in [1.82, 2.24) is 5.32 Å². The highest BCUT2D eigenvalue weighted by molar-refractivity contribution is 7.91. The Balaban J connectivity index is 1.92. The monoisotopic (exact) mass is 299 g/mol. The number of sulfone groups is 1. The van der Waals surface area contributed by atoms with E-state index in [0.717, 1.165) is 6.42 Å². The largest absolute Gasteiger partial charge is 0.377 e. The van der Waals surface area contributed by atoms with Gasteiger partial charge < -0.3 is 10.1 Å². The first kappa shape index (κ1) is 14.0. The zero-order valence-corrected chi connectivity index (χ0v) is 12.1. The molecule has 0 bridgehead atoms. The van der Waals surface area contributed by atoms with E-state index in [9.17, 15) is 12.8 Å². The summed E-state index contributed by atoms with van der Waals surface area (Å²) in [6.45, 7) is 2.70. The third-order valence-corrected chi connectivity index (χ3v) is 5.96. The quantitative estimate of drug-likeness (QED) is 0.846. The highest BCUT2D eigenvalue weighted by Crippen LogP contribution is 2.33. The Hall–Kier alpha value is -0.980. The SMILES string of the molecule is CC1OCCC1NC1CCS(=O)(=O)c2ccc(F)cc21. The first-order valence-electron chi connectivity index (χ1n) is 6.87. The molecule has 110 valence electrons. The van der Waals surface area contributed by atoms with E-state index in [-0.39, 0.29) is 28.8 Å². The van der Waals surface area contributed by atoms with E-state index in [0.29, 0.717) is 18.6 Å². The number of benzene rings is 1. The number of halogens is 1. The molecule has 6 heteroatoms. The van der Waals surface area contributed by atoms with Gasteiger partial charge in [-0.05, 0) is 43.5 Å². The highest BCUT2D eigenvalue weighted by Gasteiger charge is 2.34. The van der Waals surface area contributed by atoms with E-state index in [4.69, 9.17) is 4.74 Å². The van der Waals surface area contributed by atoms with Crippen LogP contribution in [0.25, 0.3) is 0 Å². The van der Waals surface area contributed by atoms with Crippen molar-refractivity contribution in [3.63, 3.8) is 0 Å². The average molecular weight is 299 g/mol. The van der Waals surface area contributed by atoms with Crippen molar-refractivity contribution in [2.75, 3.05) is 12.4 Å². The Labute approximate surface area is 118 Å². The van der Waals surface area contributed by atoms with Gasteiger partial charge in [0.05, 0.1) is 16.8 Å². The van der Waals surface area contributed by atoms with Crippen molar-refractivity contribution in [2.45, 2.75) is 42.8 Å². The van der Waals surface area contributed by atoms with E-state index in [1.165, 1.54) is 18.2 Å². The van der Waals surface area contributed by atoms with E-state index in [1.807, 2.05) is 6.92 Å². The van der Waals surface area contributed by atoms with E-state index in [1.54, 1.807) is 0 Å². The normalized spacial score (nSPS) is 32.0. The second-order valence-electron chi connectivity index (χ2n) is 5.48. The summed E-state index contributed by atoms with van der Waals surface area (Å²) in [5, 5.41) is 3.43. The molecule has 0 aliphatic carbocycles. The maximum Gasteiger partial charge on any atom is 0.178 e. The molecule has 1 aromatic carbocycles. The van der Waals surface area contributed by atoms with Gasteiger partial charge in [0.1, 0.15) is 5.82 Å². The summed E-state index contributed by atoms with van der Waals surface area (Å²) in [6, 6.07) is 3.99. The van der Waals surface area contributed by atoms with Gasteiger partial charge in [-0.2, -0.15) is 0 Å². The van der Waals surface area contributed by atoms with Gasteiger partial charge >= 0.3 is 0 Å². The molecule has 0 amide bonds. The molecule has 2 aliphatic rings. The van der Waals surface area contributed by atoms with Crippen molar-refractivity contribution in [1.29, 1.82) is 0 Å². The van der Waals surface area contributed by atoms with Gasteiger partial charge in [0, 0.05) is 18.7 Å². The number of rotatable bonds is 2. The van der Waals surface area contributed by atoms with Crippen LogP contribution >= 0.6 is 0 Å². The Morgan fingerprint density at radius 1 is 1.35 bits per heavy atom. The fourth-order valence-electron chi connectivity index (χ4n) is 3.00. The zero-order valence-electron chi connectivity index (χ0n) is 11.3. The Morgan fingerprint density at radius 3 is 2.85 bits per heavy atom. The first-order valence-corrected chi connectivity index (χ1v) is 8.52. The molecule has 1 N–H and O–H groups in total. The lowest BCUT2D eigenvalue weighted by molar-refractivity contribution is 0.110. The van der Waals surface area contributed by atoms with Crippen LogP contribution in [0.4, 0.5) is 4.39 Å². The van der Waals surface area contributed by atoms with Crippen LogP contribution in [0.1, 0.15) is 31.4 Å². The lowest BCUT2D eigenvalue weighted by Gasteiger charge is -2.30. The zero-order chi connectivity index (χ0) is 14.3. The molecule has 1 fully saturated rings. The Morgan fingerprint density at radius 2 is 2.15 bits per heavy atom. The number of hydrogen-bond acceptors (Lipinski definition) is 4. The first-order chi connectivity index (χ1) is 9.47. The summed E-state index contributed by atoms with van der Waals surface area (Å²) in [5.41, 5.74) is 0.551. The molecule has 4 nitrogen and oxygen atoms in total. The summed E-state index contributed by atoms with van der Waals surface area (Å²) in [7, 11) is -3.28. The molecule has 0 aromatic heterocycles. The summed E-state index contributed by atoms with van der Waals surface area (Å²) < 4.78 is 43.1. The Kier molecular flexibility index (Phi) is 3.56. The molecule has 0 radical (unpaired) electrons. The van der Waals surface area contributed by atoms with Crippen LogP contribution in [0.3, 0.4) is 0 Å². The van der Waals surface area contributed by atoms with Crippen molar-refractivity contribution in [3.05, 3.63) is 29.6 Å². The number of hydrogen-bond donors (Lipinski definition) is 1. The second-order valence-corrected chi connectivity index (χ2v) is 7.56. The number of ether oxygens (including phenoxy) is 1. The van der Waals surface area contributed by atoms with Gasteiger partial charge in [0.15, 0.2) is 9.84 Å². The van der Waals surface area contributed by atoms with Gasteiger partial charge in [-0.15, -0.1) is 0 Å². The van der Waals surface area contributed by atoms with Crippen LogP contribution < -0.4 is 5.32 Å². The predicted octanol–water partition coefficient (Wildman–Crippen LogP) is 1.81. The minimum Gasteiger partial charge on any atom is -0.377 e. The summed E-state index contributed by atoms with van der Waals surface area (Å²) in [4.78, 5) is 0.259. The molecule has 2 aliphatic heterocycles. The molecule has 2 heterocycles. The van der Waals surface area contributed by atoms with Crippen LogP contribution in [0, 0.1) is 5.82 Å². The molecule has 3 atom stereocenters. The average Bonchev–Trinajstić information content (AvgIpc) is 2.78. The molecule has 1 saturated heterocycles. The maximum absolute atomic E-state index is 13.5. The molecular formula is C14H18FNO3S. The summed E-state index contributed by atoms with van der Waals surface area (Å²) >= 11 is 0. The fraction of sp³-hybridized carbons (Fsp3) is 0.571. The van der Waals surface area contributed by atoms with Crippen LogP contribution in [0.2, 0.25) is 0 Å². The van der Waals surface area contributed by atoms with E-state index < -0.39 is 15.7 Å². The third-order valence-electron chi connectivity index (χ3n) is 4.15. The maximum atomic E-state index is 13.5. The molecule has 20 heavy (non-hydrogen) atoms. The lowest BCUT2D eigenvalue weighted by Crippen LogP contribution is -2.40. The number of fused-ring (bicyclic) bond motifs is 1. The molecular weight excluding hydrogens is 281 g/mol. The van der Waals surface area contributed by atoms with E-state index >= 15 is 0 Å². The van der Waals surface area contributed by atoms with Crippen LogP contribution in [-0.2, 0) is 14.6 Å². The van der Waals surface area contributed by atoms with Crippen LogP contribution in [0.15, 0.2) is 23.1 Å². The fourth-order valence-corrected chi connectivity index (χ4v) is 4.60. The van der Waals surface area contributed by atoms with Crippen molar-refractivity contribution in [2.24, 2.45) is 0 Å². The molecule has 0 saturated carbocycles. The molecule has 1 aromatic rings. The smallest absolute Gasteiger partial charge is 0.178 e. The van der Waals surface area contributed by atoms with Gasteiger partial charge in [0.25, 0.3) is 0 Å². The van der Waals surface area contributed by atoms with Gasteiger partial charge in [-0.1, -0.05) is 0 Å². The number of nitrogens with one attached hydrogen (secondary N) is 1. The van der Waals surface area contributed by atoms with Gasteiger partial charge in [-0.25, -0.2) is 12.8 Å². The van der Waals surface area contributed by atoms with Crippen molar-refractivity contribution < 1.29 is 17.5 Å².